The summed E-state index contributed by atoms with van der Waals surface area (Å²) in [5, 5.41) is 8.81. The Morgan fingerprint density at radius 2 is 1.83 bits per heavy atom. The van der Waals surface area contributed by atoms with Crippen LogP contribution in [0.3, 0.4) is 0 Å². The zero-order valence-electron chi connectivity index (χ0n) is 16.4. The average molecular weight is 404 g/mol. The second-order valence-electron chi connectivity index (χ2n) is 6.69. The van der Waals surface area contributed by atoms with Crippen molar-refractivity contribution in [3.05, 3.63) is 70.9 Å². The number of thioether (sulfide) groups is 1. The summed E-state index contributed by atoms with van der Waals surface area (Å²) in [7, 11) is 1.39. The lowest BCUT2D eigenvalue weighted by Crippen LogP contribution is -2.10. The molecular formula is C22H20N4O2S. The van der Waals surface area contributed by atoms with Crippen LogP contribution in [0.5, 0.6) is 0 Å². The quantitative estimate of drug-likeness (QED) is 0.383. The maximum atomic E-state index is 12.4. The smallest absolute Gasteiger partial charge is 0.340 e. The molecular weight excluding hydrogens is 384 g/mol. The molecule has 0 atom stereocenters. The number of hydrogen-bond donors (Lipinski definition) is 1. The SMILES string of the molecule is COC(=O)c1c(CSc2n[nH]c(-c3ccc(C)cc3)n2)nc2ccccc2c1C. The maximum absolute atomic E-state index is 12.4. The van der Waals surface area contributed by atoms with E-state index in [9.17, 15) is 4.79 Å². The molecule has 1 N–H and O–H groups in total. The lowest BCUT2D eigenvalue weighted by Gasteiger charge is -2.12. The summed E-state index contributed by atoms with van der Waals surface area (Å²) in [6.45, 7) is 3.97. The number of nitrogens with one attached hydrogen (secondary N) is 1. The number of para-hydroxylation sites is 1. The van der Waals surface area contributed by atoms with Crippen LogP contribution in [0.25, 0.3) is 22.3 Å². The lowest BCUT2D eigenvalue weighted by molar-refractivity contribution is 0.0598. The fourth-order valence-corrected chi connectivity index (χ4v) is 3.94. The van der Waals surface area contributed by atoms with E-state index >= 15 is 0 Å². The number of ether oxygens (including phenoxy) is 1. The highest BCUT2D eigenvalue weighted by molar-refractivity contribution is 7.98. The summed E-state index contributed by atoms with van der Waals surface area (Å²) in [5.74, 6) is 0.788. The van der Waals surface area contributed by atoms with Gasteiger partial charge < -0.3 is 4.74 Å². The van der Waals surface area contributed by atoms with Crippen molar-refractivity contribution in [2.45, 2.75) is 24.8 Å². The highest BCUT2D eigenvalue weighted by Gasteiger charge is 2.20. The normalized spacial score (nSPS) is 11.0. The minimum absolute atomic E-state index is 0.383. The summed E-state index contributed by atoms with van der Waals surface area (Å²) >= 11 is 1.43. The molecule has 146 valence electrons. The number of aromatic amines is 1. The molecule has 7 heteroatoms. The zero-order chi connectivity index (χ0) is 20.4. The Bertz CT molecular complexity index is 1190. The van der Waals surface area contributed by atoms with Crippen molar-refractivity contribution in [3.63, 3.8) is 0 Å². The monoisotopic (exact) mass is 404 g/mol. The number of benzene rings is 2. The van der Waals surface area contributed by atoms with Gasteiger partial charge in [-0.3, -0.25) is 10.1 Å². The molecule has 0 amide bonds. The van der Waals surface area contributed by atoms with Crippen molar-refractivity contribution in [2.75, 3.05) is 7.11 Å². The first-order valence-corrected chi connectivity index (χ1v) is 10.1. The summed E-state index contributed by atoms with van der Waals surface area (Å²) in [5.41, 5.74) is 5.06. The minimum Gasteiger partial charge on any atom is -0.465 e. The van der Waals surface area contributed by atoms with Crippen molar-refractivity contribution in [2.24, 2.45) is 0 Å². The molecule has 4 rings (SSSR count). The molecule has 6 nitrogen and oxygen atoms in total. The number of aromatic nitrogens is 4. The molecule has 2 aromatic heterocycles. The number of rotatable bonds is 5. The van der Waals surface area contributed by atoms with Crippen molar-refractivity contribution in [1.29, 1.82) is 0 Å². The van der Waals surface area contributed by atoms with E-state index in [1.807, 2.05) is 62.4 Å². The summed E-state index contributed by atoms with van der Waals surface area (Å²) in [6, 6.07) is 15.9. The van der Waals surface area contributed by atoms with E-state index in [1.165, 1.54) is 24.4 Å². The van der Waals surface area contributed by atoms with Gasteiger partial charge in [-0.2, -0.15) is 0 Å². The standard InChI is InChI=1S/C22H20N4O2S/c1-13-8-10-15(11-9-13)20-24-22(26-25-20)29-12-18-19(21(27)28-3)14(2)16-6-4-5-7-17(16)23-18/h4-11H,12H2,1-3H3,(H,24,25,26). The van der Waals surface area contributed by atoms with Gasteiger partial charge in [0.05, 0.1) is 23.9 Å². The van der Waals surface area contributed by atoms with Gasteiger partial charge in [0.25, 0.3) is 0 Å². The van der Waals surface area contributed by atoms with E-state index < -0.39 is 0 Å². The lowest BCUT2D eigenvalue weighted by atomic mass is 10.0. The van der Waals surface area contributed by atoms with Gasteiger partial charge in [-0.05, 0) is 25.5 Å². The number of fused-ring (bicyclic) bond motifs is 1. The number of carbonyl (C=O) groups is 1. The van der Waals surface area contributed by atoms with Crippen LogP contribution in [0.15, 0.2) is 53.7 Å². The fourth-order valence-electron chi connectivity index (χ4n) is 3.20. The molecule has 0 saturated carbocycles. The van der Waals surface area contributed by atoms with E-state index in [2.05, 4.69) is 15.2 Å². The topological polar surface area (TPSA) is 80.8 Å². The Hall–Kier alpha value is -3.19. The molecule has 0 aliphatic heterocycles. The molecule has 0 fully saturated rings. The van der Waals surface area contributed by atoms with Crippen LogP contribution < -0.4 is 0 Å². The van der Waals surface area contributed by atoms with E-state index in [4.69, 9.17) is 9.72 Å². The Balaban J connectivity index is 1.63. The van der Waals surface area contributed by atoms with Crippen molar-refractivity contribution in [1.82, 2.24) is 20.2 Å². The predicted octanol–water partition coefficient (Wildman–Crippen LogP) is 4.72. The largest absolute Gasteiger partial charge is 0.465 e. The zero-order valence-corrected chi connectivity index (χ0v) is 17.2. The van der Waals surface area contributed by atoms with E-state index in [0.717, 1.165) is 22.0 Å². The molecule has 0 spiro atoms. The predicted molar refractivity (Wildman–Crippen MR) is 114 cm³/mol. The number of aryl methyl sites for hydroxylation is 2. The number of methoxy groups -OCH3 is 1. The molecule has 0 saturated heterocycles. The van der Waals surface area contributed by atoms with Crippen molar-refractivity contribution < 1.29 is 9.53 Å². The molecule has 0 radical (unpaired) electrons. The Morgan fingerprint density at radius 1 is 1.07 bits per heavy atom. The first-order valence-electron chi connectivity index (χ1n) is 9.15. The molecule has 29 heavy (non-hydrogen) atoms. The van der Waals surface area contributed by atoms with Gasteiger partial charge >= 0.3 is 5.97 Å². The van der Waals surface area contributed by atoms with Crippen LogP contribution in [-0.4, -0.2) is 33.2 Å². The molecule has 2 heterocycles. The number of hydrogen-bond acceptors (Lipinski definition) is 6. The molecule has 0 unspecified atom stereocenters. The Kier molecular flexibility index (Phi) is 5.31. The first-order chi connectivity index (χ1) is 14.1. The van der Waals surface area contributed by atoms with Gasteiger partial charge in [-0.15, -0.1) is 5.10 Å². The highest BCUT2D eigenvalue weighted by atomic mass is 32.2. The highest BCUT2D eigenvalue weighted by Crippen LogP contribution is 2.28. The second kappa shape index (κ2) is 8.05. The minimum atomic E-state index is -0.383. The maximum Gasteiger partial charge on any atom is 0.340 e. The number of nitrogens with zero attached hydrogens (tertiary/aromatic N) is 3. The Labute approximate surface area is 172 Å². The van der Waals surface area contributed by atoms with Gasteiger partial charge in [0.15, 0.2) is 5.82 Å². The van der Waals surface area contributed by atoms with Gasteiger partial charge in [0, 0.05) is 16.7 Å². The molecule has 0 aliphatic rings. The van der Waals surface area contributed by atoms with Crippen LogP contribution in [0.4, 0.5) is 0 Å². The third-order valence-electron chi connectivity index (χ3n) is 4.74. The van der Waals surface area contributed by atoms with E-state index in [0.29, 0.717) is 28.0 Å². The average Bonchev–Trinajstić information content (AvgIpc) is 3.21. The second-order valence-corrected chi connectivity index (χ2v) is 7.63. The van der Waals surface area contributed by atoms with Gasteiger partial charge in [-0.1, -0.05) is 59.8 Å². The number of carbonyl (C=O) groups excluding carboxylic acids is 1. The summed E-state index contributed by atoms with van der Waals surface area (Å²) in [6.07, 6.45) is 0. The fraction of sp³-hybridized carbons (Fsp3) is 0.182. The van der Waals surface area contributed by atoms with Crippen molar-refractivity contribution >= 4 is 28.6 Å². The summed E-state index contributed by atoms with van der Waals surface area (Å²) in [4.78, 5) is 21.7. The number of H-pyrrole nitrogens is 1. The summed E-state index contributed by atoms with van der Waals surface area (Å²) < 4.78 is 5.00. The molecule has 4 aromatic rings. The van der Waals surface area contributed by atoms with E-state index in [1.54, 1.807) is 0 Å². The van der Waals surface area contributed by atoms with Crippen LogP contribution in [0.1, 0.15) is 27.2 Å². The van der Waals surface area contributed by atoms with Crippen LogP contribution in [0, 0.1) is 13.8 Å². The van der Waals surface area contributed by atoms with Crippen LogP contribution in [-0.2, 0) is 10.5 Å². The van der Waals surface area contributed by atoms with Gasteiger partial charge in [0.1, 0.15) is 0 Å². The van der Waals surface area contributed by atoms with Crippen LogP contribution >= 0.6 is 11.8 Å². The van der Waals surface area contributed by atoms with Gasteiger partial charge in [0.2, 0.25) is 5.16 Å². The molecule has 0 aliphatic carbocycles. The molecule has 2 aromatic carbocycles. The number of pyridine rings is 1. The van der Waals surface area contributed by atoms with E-state index in [-0.39, 0.29) is 5.97 Å². The van der Waals surface area contributed by atoms with Crippen molar-refractivity contribution in [3.8, 4) is 11.4 Å². The number of esters is 1. The Morgan fingerprint density at radius 3 is 2.59 bits per heavy atom. The first kappa shape index (κ1) is 19.1. The van der Waals surface area contributed by atoms with Crippen LogP contribution in [0.2, 0.25) is 0 Å². The molecule has 0 bridgehead atoms. The van der Waals surface area contributed by atoms with Gasteiger partial charge in [-0.25, -0.2) is 9.78 Å². The third kappa shape index (κ3) is 3.86. The third-order valence-corrected chi connectivity index (χ3v) is 5.60.